The van der Waals surface area contributed by atoms with Crippen LogP contribution in [-0.4, -0.2) is 17.8 Å². The maximum absolute atomic E-state index is 9.63. The summed E-state index contributed by atoms with van der Waals surface area (Å²) in [6.45, 7) is 7.47. The van der Waals surface area contributed by atoms with Crippen LogP contribution in [0.1, 0.15) is 25.0 Å². The van der Waals surface area contributed by atoms with E-state index >= 15 is 0 Å². The van der Waals surface area contributed by atoms with Gasteiger partial charge in [0.2, 0.25) is 0 Å². The third-order valence-electron chi connectivity index (χ3n) is 2.74. The van der Waals surface area contributed by atoms with Crippen molar-refractivity contribution in [3.63, 3.8) is 0 Å². The number of halogens is 1. The van der Waals surface area contributed by atoms with Crippen LogP contribution in [0.4, 0.5) is 0 Å². The van der Waals surface area contributed by atoms with E-state index in [1.54, 1.807) is 0 Å². The van der Waals surface area contributed by atoms with Gasteiger partial charge in [-0.15, -0.1) is 0 Å². The normalized spacial score (nSPS) is 13.1. The molecule has 0 aliphatic heterocycles. The number of hydrogen-bond donors (Lipinski definition) is 2. The Bertz CT molecular complexity index is 339. The Kier molecular flexibility index (Phi) is 5.26. The first kappa shape index (κ1) is 13.5. The second-order valence-electron chi connectivity index (χ2n) is 4.51. The van der Waals surface area contributed by atoms with Crippen molar-refractivity contribution < 1.29 is 5.11 Å². The zero-order valence-corrected chi connectivity index (χ0v) is 10.9. The molecule has 0 aliphatic carbocycles. The van der Waals surface area contributed by atoms with E-state index < -0.39 is 0 Å². The highest BCUT2D eigenvalue weighted by Crippen LogP contribution is 2.14. The van der Waals surface area contributed by atoms with Gasteiger partial charge in [0, 0.05) is 18.1 Å². The molecule has 2 N–H and O–H groups in total. The first-order chi connectivity index (χ1) is 7.50. The molecule has 0 saturated carbocycles. The van der Waals surface area contributed by atoms with E-state index in [-0.39, 0.29) is 6.10 Å². The summed E-state index contributed by atoms with van der Waals surface area (Å²) in [4.78, 5) is 0. The molecule has 0 saturated heterocycles. The van der Waals surface area contributed by atoms with Crippen LogP contribution in [0, 0.1) is 12.8 Å². The third-order valence-corrected chi connectivity index (χ3v) is 2.98. The third kappa shape index (κ3) is 4.12. The fraction of sp³-hybridized carbons (Fsp3) is 0.538. The molecule has 1 aromatic rings. The van der Waals surface area contributed by atoms with Crippen molar-refractivity contribution >= 4 is 11.6 Å². The van der Waals surface area contributed by atoms with Gasteiger partial charge in [-0.1, -0.05) is 31.5 Å². The van der Waals surface area contributed by atoms with E-state index in [2.05, 4.69) is 5.32 Å². The maximum atomic E-state index is 9.63. The van der Waals surface area contributed by atoms with Crippen LogP contribution in [0.25, 0.3) is 0 Å². The summed E-state index contributed by atoms with van der Waals surface area (Å²) < 4.78 is 0. The molecule has 0 fully saturated rings. The van der Waals surface area contributed by atoms with Crippen molar-refractivity contribution in [3.8, 4) is 0 Å². The lowest BCUT2D eigenvalue weighted by Crippen LogP contribution is -2.30. The van der Waals surface area contributed by atoms with Crippen molar-refractivity contribution in [1.29, 1.82) is 0 Å². The summed E-state index contributed by atoms with van der Waals surface area (Å²) in [5.74, 6) is 0.291. The second kappa shape index (κ2) is 6.24. The molecule has 3 heteroatoms. The second-order valence-corrected chi connectivity index (χ2v) is 4.95. The zero-order chi connectivity index (χ0) is 12.1. The minimum absolute atomic E-state index is 0.285. The highest BCUT2D eigenvalue weighted by atomic mass is 35.5. The molecule has 0 aliphatic rings. The number of aryl methyl sites for hydroxylation is 1. The van der Waals surface area contributed by atoms with E-state index in [9.17, 15) is 5.11 Å². The highest BCUT2D eigenvalue weighted by molar-refractivity contribution is 6.30. The fourth-order valence-corrected chi connectivity index (χ4v) is 1.67. The lowest BCUT2D eigenvalue weighted by atomic mass is 10.1. The van der Waals surface area contributed by atoms with Gasteiger partial charge in [-0.25, -0.2) is 0 Å². The van der Waals surface area contributed by atoms with Gasteiger partial charge in [0.1, 0.15) is 0 Å². The molecule has 0 spiro atoms. The Morgan fingerprint density at radius 1 is 1.38 bits per heavy atom. The molecule has 90 valence electrons. The Morgan fingerprint density at radius 2 is 2.06 bits per heavy atom. The molecule has 2 nitrogen and oxygen atoms in total. The number of benzene rings is 1. The van der Waals surface area contributed by atoms with Gasteiger partial charge < -0.3 is 10.4 Å². The Morgan fingerprint density at radius 3 is 2.62 bits per heavy atom. The van der Waals surface area contributed by atoms with Gasteiger partial charge in [-0.05, 0) is 36.1 Å². The predicted molar refractivity (Wildman–Crippen MR) is 68.7 cm³/mol. The molecule has 1 atom stereocenters. The van der Waals surface area contributed by atoms with Crippen LogP contribution in [0.5, 0.6) is 0 Å². The van der Waals surface area contributed by atoms with Gasteiger partial charge in [0.25, 0.3) is 0 Å². The number of aliphatic hydroxyl groups excluding tert-OH is 1. The average Bonchev–Trinajstić information content (AvgIpc) is 2.20. The summed E-state index contributed by atoms with van der Waals surface area (Å²) in [5.41, 5.74) is 2.40. The van der Waals surface area contributed by atoms with Crippen LogP contribution in [0.15, 0.2) is 18.2 Å². The molecule has 1 unspecified atom stereocenters. The molecular formula is C13H20ClNO. The topological polar surface area (TPSA) is 32.3 Å². The van der Waals surface area contributed by atoms with Crippen molar-refractivity contribution in [2.24, 2.45) is 5.92 Å². The van der Waals surface area contributed by atoms with Crippen LogP contribution in [-0.2, 0) is 6.54 Å². The maximum Gasteiger partial charge on any atom is 0.0687 e. The van der Waals surface area contributed by atoms with E-state index in [0.29, 0.717) is 12.5 Å². The number of hydrogen-bond acceptors (Lipinski definition) is 2. The Balaban J connectivity index is 2.43. The summed E-state index contributed by atoms with van der Waals surface area (Å²) in [7, 11) is 0. The largest absolute Gasteiger partial charge is 0.392 e. The lowest BCUT2D eigenvalue weighted by molar-refractivity contribution is 0.123. The van der Waals surface area contributed by atoms with Crippen molar-refractivity contribution in [2.75, 3.05) is 6.54 Å². The molecule has 1 rings (SSSR count). The lowest BCUT2D eigenvalue weighted by Gasteiger charge is -2.15. The van der Waals surface area contributed by atoms with Crippen LogP contribution < -0.4 is 5.32 Å². The first-order valence-electron chi connectivity index (χ1n) is 5.64. The van der Waals surface area contributed by atoms with Crippen molar-refractivity contribution in [2.45, 2.75) is 33.4 Å². The molecule has 0 amide bonds. The number of rotatable bonds is 5. The van der Waals surface area contributed by atoms with Crippen LogP contribution in [0.3, 0.4) is 0 Å². The average molecular weight is 242 g/mol. The summed E-state index contributed by atoms with van der Waals surface area (Å²) in [6, 6.07) is 5.87. The van der Waals surface area contributed by atoms with E-state index in [4.69, 9.17) is 11.6 Å². The fourth-order valence-electron chi connectivity index (χ4n) is 1.45. The van der Waals surface area contributed by atoms with Crippen molar-refractivity contribution in [1.82, 2.24) is 5.32 Å². The Hall–Kier alpha value is -0.570. The molecule has 0 bridgehead atoms. The van der Waals surface area contributed by atoms with E-state index in [0.717, 1.165) is 11.6 Å². The van der Waals surface area contributed by atoms with Gasteiger partial charge >= 0.3 is 0 Å². The van der Waals surface area contributed by atoms with Gasteiger partial charge in [-0.2, -0.15) is 0 Å². The minimum atomic E-state index is -0.285. The SMILES string of the molecule is Cc1cc(Cl)ccc1CNCC(O)C(C)C. The minimum Gasteiger partial charge on any atom is -0.392 e. The summed E-state index contributed by atoms with van der Waals surface area (Å²) in [6.07, 6.45) is -0.285. The quantitative estimate of drug-likeness (QED) is 0.831. The first-order valence-corrected chi connectivity index (χ1v) is 6.02. The number of aliphatic hydroxyl groups is 1. The van der Waals surface area contributed by atoms with Gasteiger partial charge in [0.15, 0.2) is 0 Å². The smallest absolute Gasteiger partial charge is 0.0687 e. The van der Waals surface area contributed by atoms with Gasteiger partial charge in [0.05, 0.1) is 6.10 Å². The molecular weight excluding hydrogens is 222 g/mol. The molecule has 0 aromatic heterocycles. The molecule has 16 heavy (non-hydrogen) atoms. The van der Waals surface area contributed by atoms with E-state index in [1.807, 2.05) is 39.0 Å². The Labute approximate surface area is 103 Å². The van der Waals surface area contributed by atoms with E-state index in [1.165, 1.54) is 11.1 Å². The summed E-state index contributed by atoms with van der Waals surface area (Å²) in [5, 5.41) is 13.7. The zero-order valence-electron chi connectivity index (χ0n) is 10.1. The monoisotopic (exact) mass is 241 g/mol. The molecule has 0 radical (unpaired) electrons. The number of nitrogens with one attached hydrogen (secondary N) is 1. The van der Waals surface area contributed by atoms with Crippen LogP contribution >= 0.6 is 11.6 Å². The predicted octanol–water partition coefficient (Wildman–Crippen LogP) is 2.75. The van der Waals surface area contributed by atoms with Crippen molar-refractivity contribution in [3.05, 3.63) is 34.3 Å². The molecule has 1 aromatic carbocycles. The standard InChI is InChI=1S/C13H20ClNO/c1-9(2)13(16)8-15-7-11-4-5-12(14)6-10(11)3/h4-6,9,13,15-16H,7-8H2,1-3H3. The van der Waals surface area contributed by atoms with Crippen LogP contribution in [0.2, 0.25) is 5.02 Å². The highest BCUT2D eigenvalue weighted by Gasteiger charge is 2.08. The molecule has 0 heterocycles. The summed E-state index contributed by atoms with van der Waals surface area (Å²) >= 11 is 5.88. The van der Waals surface area contributed by atoms with Gasteiger partial charge in [-0.3, -0.25) is 0 Å².